The number of fused-ring (bicyclic) bond motifs is 1. The van der Waals surface area contributed by atoms with Gasteiger partial charge in [-0.05, 0) is 74.6 Å². The van der Waals surface area contributed by atoms with Crippen molar-refractivity contribution in [1.29, 1.82) is 0 Å². The number of hydrogen-bond acceptors (Lipinski definition) is 3. The van der Waals surface area contributed by atoms with Gasteiger partial charge in [0.15, 0.2) is 0 Å². The van der Waals surface area contributed by atoms with E-state index in [1.54, 1.807) is 0 Å². The largest absolute Gasteiger partial charge is 0.364 e. The topological polar surface area (TPSA) is 37.4 Å². The standard InChI is InChI=1S/C22H27NO2/c1-13-11-15(3)17(12-14(13)2)19-20(22(25)21(19)24)23-10-6-8-16-7-4-5-9-18(16)23/h11-12,16,18H,4-10H2,1-3H3/t16-,18-/m0/s1. The van der Waals surface area contributed by atoms with Gasteiger partial charge in [-0.2, -0.15) is 0 Å². The van der Waals surface area contributed by atoms with Gasteiger partial charge in [0.05, 0.1) is 5.56 Å². The van der Waals surface area contributed by atoms with Crippen LogP contribution in [0.1, 0.15) is 55.2 Å². The molecule has 25 heavy (non-hydrogen) atoms. The summed E-state index contributed by atoms with van der Waals surface area (Å²) in [5.74, 6) is 0.695. The molecule has 0 aromatic heterocycles. The summed E-state index contributed by atoms with van der Waals surface area (Å²) in [5, 5.41) is 0. The summed E-state index contributed by atoms with van der Waals surface area (Å²) >= 11 is 0. The van der Waals surface area contributed by atoms with E-state index in [2.05, 4.69) is 30.9 Å². The molecule has 0 N–H and O–H groups in total. The van der Waals surface area contributed by atoms with Gasteiger partial charge in [-0.3, -0.25) is 9.59 Å². The molecule has 0 amide bonds. The van der Waals surface area contributed by atoms with E-state index in [9.17, 15) is 9.59 Å². The minimum Gasteiger partial charge on any atom is -0.364 e. The second kappa shape index (κ2) is 6.12. The molecule has 1 aliphatic heterocycles. The Bertz CT molecular complexity index is 886. The van der Waals surface area contributed by atoms with Gasteiger partial charge in [0.2, 0.25) is 10.9 Å². The molecule has 132 valence electrons. The predicted molar refractivity (Wildman–Crippen MR) is 103 cm³/mol. The third kappa shape index (κ3) is 2.56. The Balaban J connectivity index is 1.80. The first kappa shape index (κ1) is 16.6. The second-order valence-corrected chi connectivity index (χ2v) is 8.08. The highest BCUT2D eigenvalue weighted by Gasteiger charge is 2.38. The van der Waals surface area contributed by atoms with Crippen molar-refractivity contribution in [2.45, 2.75) is 65.3 Å². The number of aryl methyl sites for hydroxylation is 3. The molecule has 0 unspecified atom stereocenters. The lowest BCUT2D eigenvalue weighted by atomic mass is 9.77. The highest BCUT2D eigenvalue weighted by molar-refractivity contribution is 5.85. The predicted octanol–water partition coefficient (Wildman–Crippen LogP) is 4.03. The summed E-state index contributed by atoms with van der Waals surface area (Å²) in [6, 6.07) is 4.67. The number of rotatable bonds is 2. The van der Waals surface area contributed by atoms with Crippen LogP contribution in [0, 0.1) is 26.7 Å². The Kier molecular flexibility index (Phi) is 4.05. The van der Waals surface area contributed by atoms with Crippen molar-refractivity contribution >= 4 is 5.69 Å². The molecule has 1 saturated heterocycles. The normalized spacial score (nSPS) is 23.7. The second-order valence-electron chi connectivity index (χ2n) is 8.08. The first-order chi connectivity index (χ1) is 12.0. The minimum absolute atomic E-state index is 0.265. The van der Waals surface area contributed by atoms with Gasteiger partial charge in [0.1, 0.15) is 5.69 Å². The van der Waals surface area contributed by atoms with Crippen molar-refractivity contribution < 1.29 is 0 Å². The molecule has 2 atom stereocenters. The van der Waals surface area contributed by atoms with Gasteiger partial charge in [-0.1, -0.05) is 25.0 Å². The fraction of sp³-hybridized carbons (Fsp3) is 0.545. The fourth-order valence-electron chi connectivity index (χ4n) is 5.04. The van der Waals surface area contributed by atoms with E-state index in [0.29, 0.717) is 23.2 Å². The third-order valence-corrected chi connectivity index (χ3v) is 6.53. The van der Waals surface area contributed by atoms with Crippen molar-refractivity contribution in [3.63, 3.8) is 0 Å². The van der Waals surface area contributed by atoms with Crippen LogP contribution in [0.2, 0.25) is 0 Å². The van der Waals surface area contributed by atoms with Crippen LogP contribution in [0.25, 0.3) is 11.1 Å². The van der Waals surface area contributed by atoms with Crippen LogP contribution in [0.5, 0.6) is 0 Å². The average molecular weight is 337 g/mol. The fourth-order valence-corrected chi connectivity index (χ4v) is 5.04. The highest BCUT2D eigenvalue weighted by Crippen LogP contribution is 2.40. The summed E-state index contributed by atoms with van der Waals surface area (Å²) in [6.45, 7) is 7.12. The summed E-state index contributed by atoms with van der Waals surface area (Å²) in [5.41, 5.74) is 5.29. The molecule has 0 spiro atoms. The molecule has 1 aliphatic carbocycles. The number of piperidine rings is 1. The summed E-state index contributed by atoms with van der Waals surface area (Å²) in [7, 11) is 0. The van der Waals surface area contributed by atoms with E-state index in [-0.39, 0.29) is 10.9 Å². The van der Waals surface area contributed by atoms with Crippen LogP contribution in [0.3, 0.4) is 0 Å². The van der Waals surface area contributed by atoms with Crippen LogP contribution in [0.4, 0.5) is 5.69 Å². The smallest absolute Gasteiger partial charge is 0.250 e. The molecule has 2 aromatic rings. The lowest BCUT2D eigenvalue weighted by molar-refractivity contribution is 0.243. The molecule has 3 heteroatoms. The third-order valence-electron chi connectivity index (χ3n) is 6.53. The quantitative estimate of drug-likeness (QED) is 0.776. The van der Waals surface area contributed by atoms with Crippen LogP contribution in [0.15, 0.2) is 21.7 Å². The number of anilines is 1. The Morgan fingerprint density at radius 3 is 2.32 bits per heavy atom. The van der Waals surface area contributed by atoms with E-state index in [1.807, 2.05) is 6.92 Å². The maximum absolute atomic E-state index is 12.5. The molecule has 2 aromatic carbocycles. The SMILES string of the molecule is Cc1cc(C)c(-c2c(N3CCC[C@@H]4CCCC[C@@H]43)c(=O)c2=O)cc1C. The van der Waals surface area contributed by atoms with Crippen LogP contribution < -0.4 is 15.8 Å². The van der Waals surface area contributed by atoms with Crippen molar-refractivity contribution in [2.24, 2.45) is 5.92 Å². The lowest BCUT2D eigenvalue weighted by Crippen LogP contribution is -2.52. The van der Waals surface area contributed by atoms with Crippen molar-refractivity contribution in [3.8, 4) is 11.1 Å². The molecule has 3 nitrogen and oxygen atoms in total. The Morgan fingerprint density at radius 1 is 0.840 bits per heavy atom. The van der Waals surface area contributed by atoms with Gasteiger partial charge >= 0.3 is 0 Å². The van der Waals surface area contributed by atoms with Gasteiger partial charge in [0.25, 0.3) is 0 Å². The van der Waals surface area contributed by atoms with Gasteiger partial charge in [0, 0.05) is 12.6 Å². The highest BCUT2D eigenvalue weighted by atomic mass is 16.2. The lowest BCUT2D eigenvalue weighted by Gasteiger charge is -2.46. The van der Waals surface area contributed by atoms with E-state index in [4.69, 9.17) is 0 Å². The van der Waals surface area contributed by atoms with Crippen LogP contribution in [-0.2, 0) is 0 Å². The summed E-state index contributed by atoms with van der Waals surface area (Å²) < 4.78 is 0. The zero-order valence-corrected chi connectivity index (χ0v) is 15.5. The maximum atomic E-state index is 12.5. The molecule has 2 aliphatic rings. The van der Waals surface area contributed by atoms with Gasteiger partial charge < -0.3 is 4.90 Å². The van der Waals surface area contributed by atoms with E-state index >= 15 is 0 Å². The van der Waals surface area contributed by atoms with Crippen molar-refractivity contribution in [2.75, 3.05) is 11.4 Å². The minimum atomic E-state index is -0.292. The van der Waals surface area contributed by atoms with Crippen LogP contribution in [-0.4, -0.2) is 12.6 Å². The van der Waals surface area contributed by atoms with E-state index in [0.717, 1.165) is 30.5 Å². The average Bonchev–Trinajstić information content (AvgIpc) is 2.62. The molecule has 2 fully saturated rings. The number of nitrogens with zero attached hydrogens (tertiary/aromatic N) is 1. The first-order valence-corrected chi connectivity index (χ1v) is 9.67. The maximum Gasteiger partial charge on any atom is 0.250 e. The van der Waals surface area contributed by atoms with E-state index in [1.165, 1.54) is 36.8 Å². The monoisotopic (exact) mass is 337 g/mol. The molecule has 1 saturated carbocycles. The first-order valence-electron chi connectivity index (χ1n) is 9.67. The number of hydrogen-bond donors (Lipinski definition) is 0. The number of benzene rings is 1. The van der Waals surface area contributed by atoms with E-state index < -0.39 is 0 Å². The Morgan fingerprint density at radius 2 is 1.52 bits per heavy atom. The molecule has 1 heterocycles. The van der Waals surface area contributed by atoms with Crippen molar-refractivity contribution in [1.82, 2.24) is 0 Å². The molecule has 0 radical (unpaired) electrons. The summed E-state index contributed by atoms with van der Waals surface area (Å²) in [6.07, 6.45) is 7.39. The zero-order valence-electron chi connectivity index (χ0n) is 15.5. The van der Waals surface area contributed by atoms with Gasteiger partial charge in [-0.15, -0.1) is 0 Å². The van der Waals surface area contributed by atoms with Gasteiger partial charge in [-0.25, -0.2) is 0 Å². The zero-order chi connectivity index (χ0) is 17.7. The summed E-state index contributed by atoms with van der Waals surface area (Å²) in [4.78, 5) is 27.3. The molecule has 0 bridgehead atoms. The van der Waals surface area contributed by atoms with Crippen molar-refractivity contribution in [3.05, 3.63) is 49.3 Å². The Hall–Kier alpha value is -1.90. The molecular weight excluding hydrogens is 310 g/mol. The van der Waals surface area contributed by atoms with Crippen LogP contribution >= 0.6 is 0 Å². The molecular formula is C22H27NO2. The molecule has 4 rings (SSSR count). The Labute approximate surface area is 149 Å².